The summed E-state index contributed by atoms with van der Waals surface area (Å²) in [5.41, 5.74) is 2.68. The summed E-state index contributed by atoms with van der Waals surface area (Å²) in [5, 5.41) is 7.81. The lowest BCUT2D eigenvalue weighted by molar-refractivity contribution is -0.122. The summed E-state index contributed by atoms with van der Waals surface area (Å²) in [5.74, 6) is 0.629. The molecule has 2 heterocycles. The first-order chi connectivity index (χ1) is 14.6. The zero-order chi connectivity index (χ0) is 20.9. The van der Waals surface area contributed by atoms with Crippen molar-refractivity contribution in [3.63, 3.8) is 0 Å². The minimum atomic E-state index is -0.103. The van der Waals surface area contributed by atoms with Gasteiger partial charge in [-0.2, -0.15) is 5.10 Å². The van der Waals surface area contributed by atoms with Crippen molar-refractivity contribution >= 4 is 16.9 Å². The van der Waals surface area contributed by atoms with Crippen molar-refractivity contribution in [1.82, 2.24) is 24.6 Å². The summed E-state index contributed by atoms with van der Waals surface area (Å²) in [6, 6.07) is 8.09. The Labute approximate surface area is 176 Å². The number of nitrogens with zero attached hydrogens (tertiary/aromatic N) is 4. The van der Waals surface area contributed by atoms with E-state index in [-0.39, 0.29) is 11.5 Å². The molecule has 0 atom stereocenters. The van der Waals surface area contributed by atoms with E-state index in [1.165, 1.54) is 19.3 Å². The van der Waals surface area contributed by atoms with E-state index in [1.54, 1.807) is 21.8 Å². The topological polar surface area (TPSA) is 81.8 Å². The van der Waals surface area contributed by atoms with Gasteiger partial charge in [0.05, 0.1) is 19.3 Å². The zero-order valence-corrected chi connectivity index (χ0v) is 17.5. The maximum absolute atomic E-state index is 12.8. The van der Waals surface area contributed by atoms with Crippen molar-refractivity contribution < 1.29 is 4.79 Å². The second kappa shape index (κ2) is 9.24. The summed E-state index contributed by atoms with van der Waals surface area (Å²) < 4.78 is 3.30. The van der Waals surface area contributed by atoms with Gasteiger partial charge in [0, 0.05) is 13.0 Å². The van der Waals surface area contributed by atoms with Gasteiger partial charge < -0.3 is 5.32 Å². The molecular formula is C23H29N5O2. The van der Waals surface area contributed by atoms with Gasteiger partial charge in [-0.3, -0.25) is 14.2 Å². The third-order valence-electron chi connectivity index (χ3n) is 5.90. The minimum absolute atomic E-state index is 0.103. The Bertz CT molecular complexity index is 1080. The summed E-state index contributed by atoms with van der Waals surface area (Å²) in [4.78, 5) is 29.5. The number of nitrogens with one attached hydrogen (secondary N) is 1. The van der Waals surface area contributed by atoms with Crippen LogP contribution in [0.1, 0.15) is 49.7 Å². The molecule has 1 N–H and O–H groups in total. The molecule has 7 nitrogen and oxygen atoms in total. The number of amides is 1. The lowest BCUT2D eigenvalue weighted by Crippen LogP contribution is -2.29. The quantitative estimate of drug-likeness (QED) is 0.653. The molecule has 2 aromatic heterocycles. The molecule has 4 rings (SSSR count). The second-order valence-electron chi connectivity index (χ2n) is 8.33. The fourth-order valence-corrected chi connectivity index (χ4v) is 4.31. The van der Waals surface area contributed by atoms with Crippen LogP contribution in [-0.2, 0) is 17.9 Å². The fraction of sp³-hybridized carbons (Fsp3) is 0.478. The first-order valence-corrected chi connectivity index (χ1v) is 10.8. The Morgan fingerprint density at radius 3 is 2.87 bits per heavy atom. The Balaban J connectivity index is 1.38. The standard InChI is InChI=1S/C23H29N5O2/c1-17-6-5-9-19(12-17)15-27-16-25-22-20(23(27)30)14-26-28(22)11-10-24-21(29)13-18-7-3-2-4-8-18/h5-6,9,12,14,16,18H,2-4,7-8,10-11,13,15H2,1H3,(H,24,29). The number of carbonyl (C=O) groups is 1. The third kappa shape index (κ3) is 4.78. The third-order valence-corrected chi connectivity index (χ3v) is 5.90. The lowest BCUT2D eigenvalue weighted by Gasteiger charge is -2.20. The highest BCUT2D eigenvalue weighted by molar-refractivity contribution is 5.76. The first-order valence-electron chi connectivity index (χ1n) is 10.8. The Kier molecular flexibility index (Phi) is 6.26. The van der Waals surface area contributed by atoms with Crippen LogP contribution in [0.2, 0.25) is 0 Å². The van der Waals surface area contributed by atoms with Gasteiger partial charge in [-0.1, -0.05) is 49.1 Å². The van der Waals surface area contributed by atoms with Gasteiger partial charge in [-0.25, -0.2) is 9.67 Å². The van der Waals surface area contributed by atoms with Crippen LogP contribution in [0.25, 0.3) is 11.0 Å². The van der Waals surface area contributed by atoms with Crippen LogP contribution in [-0.4, -0.2) is 31.8 Å². The van der Waals surface area contributed by atoms with Gasteiger partial charge in [0.15, 0.2) is 5.65 Å². The minimum Gasteiger partial charge on any atom is -0.354 e. The molecule has 7 heteroatoms. The van der Waals surface area contributed by atoms with E-state index < -0.39 is 0 Å². The van der Waals surface area contributed by atoms with Crippen molar-refractivity contribution in [2.75, 3.05) is 6.54 Å². The largest absolute Gasteiger partial charge is 0.354 e. The summed E-state index contributed by atoms with van der Waals surface area (Å²) in [7, 11) is 0. The molecule has 1 aliphatic carbocycles. The number of rotatable bonds is 7. The van der Waals surface area contributed by atoms with E-state index in [0.717, 1.165) is 24.0 Å². The SMILES string of the molecule is Cc1cccc(Cn2cnc3c(cnn3CCNC(=O)CC3CCCCC3)c2=O)c1. The highest BCUT2D eigenvalue weighted by Gasteiger charge is 2.17. The average molecular weight is 408 g/mol. The molecule has 0 unspecified atom stereocenters. The molecule has 1 fully saturated rings. The average Bonchev–Trinajstić information content (AvgIpc) is 3.15. The Morgan fingerprint density at radius 1 is 1.23 bits per heavy atom. The van der Waals surface area contributed by atoms with Gasteiger partial charge in [0.1, 0.15) is 11.7 Å². The molecule has 0 aliphatic heterocycles. The number of aryl methyl sites for hydroxylation is 1. The predicted octanol–water partition coefficient (Wildman–Crippen LogP) is 3.04. The molecule has 30 heavy (non-hydrogen) atoms. The van der Waals surface area contributed by atoms with Crippen molar-refractivity contribution in [1.29, 1.82) is 0 Å². The molecule has 0 saturated heterocycles. The fourth-order valence-electron chi connectivity index (χ4n) is 4.31. The molecule has 1 amide bonds. The smallest absolute Gasteiger partial charge is 0.264 e. The highest BCUT2D eigenvalue weighted by atomic mass is 16.1. The summed E-state index contributed by atoms with van der Waals surface area (Å²) in [6.07, 6.45) is 9.86. The van der Waals surface area contributed by atoms with Gasteiger partial charge in [0.25, 0.3) is 5.56 Å². The molecule has 0 bridgehead atoms. The van der Waals surface area contributed by atoms with Gasteiger partial charge in [-0.05, 0) is 31.2 Å². The molecule has 1 aromatic carbocycles. The van der Waals surface area contributed by atoms with E-state index in [9.17, 15) is 9.59 Å². The molecule has 1 aliphatic rings. The summed E-state index contributed by atoms with van der Waals surface area (Å²) >= 11 is 0. The number of benzene rings is 1. The second-order valence-corrected chi connectivity index (χ2v) is 8.33. The molecule has 1 saturated carbocycles. The van der Waals surface area contributed by atoms with Crippen LogP contribution in [0.15, 0.2) is 41.6 Å². The summed E-state index contributed by atoms with van der Waals surface area (Å²) in [6.45, 7) is 3.49. The van der Waals surface area contributed by atoms with E-state index in [0.29, 0.717) is 43.0 Å². The predicted molar refractivity (Wildman–Crippen MR) is 116 cm³/mol. The van der Waals surface area contributed by atoms with Crippen LogP contribution in [0.5, 0.6) is 0 Å². The van der Waals surface area contributed by atoms with Crippen molar-refractivity contribution in [3.8, 4) is 0 Å². The molecule has 158 valence electrons. The van der Waals surface area contributed by atoms with Crippen LogP contribution < -0.4 is 10.9 Å². The number of hydrogen-bond acceptors (Lipinski definition) is 4. The van der Waals surface area contributed by atoms with Crippen LogP contribution >= 0.6 is 0 Å². The van der Waals surface area contributed by atoms with Crippen molar-refractivity contribution in [3.05, 3.63) is 58.3 Å². The molecule has 0 spiro atoms. The zero-order valence-electron chi connectivity index (χ0n) is 17.5. The normalized spacial score (nSPS) is 14.8. The van der Waals surface area contributed by atoms with E-state index in [4.69, 9.17) is 0 Å². The van der Waals surface area contributed by atoms with Crippen LogP contribution in [0.4, 0.5) is 0 Å². The molecule has 0 radical (unpaired) electrons. The van der Waals surface area contributed by atoms with E-state index in [1.807, 2.05) is 25.1 Å². The number of fused-ring (bicyclic) bond motifs is 1. The van der Waals surface area contributed by atoms with Gasteiger partial charge >= 0.3 is 0 Å². The number of carbonyl (C=O) groups excluding carboxylic acids is 1. The number of aromatic nitrogens is 4. The highest BCUT2D eigenvalue weighted by Crippen LogP contribution is 2.26. The lowest BCUT2D eigenvalue weighted by atomic mass is 9.87. The van der Waals surface area contributed by atoms with Gasteiger partial charge in [-0.15, -0.1) is 0 Å². The van der Waals surface area contributed by atoms with Crippen LogP contribution in [0.3, 0.4) is 0 Å². The molecular weight excluding hydrogens is 378 g/mol. The van der Waals surface area contributed by atoms with Crippen molar-refractivity contribution in [2.24, 2.45) is 5.92 Å². The number of hydrogen-bond donors (Lipinski definition) is 1. The van der Waals surface area contributed by atoms with E-state index in [2.05, 4.69) is 21.5 Å². The monoisotopic (exact) mass is 407 g/mol. The Hall–Kier alpha value is -2.96. The first kappa shape index (κ1) is 20.3. The maximum Gasteiger partial charge on any atom is 0.264 e. The Morgan fingerprint density at radius 2 is 2.07 bits per heavy atom. The maximum atomic E-state index is 12.8. The molecule has 3 aromatic rings. The van der Waals surface area contributed by atoms with Crippen LogP contribution in [0, 0.1) is 12.8 Å². The van der Waals surface area contributed by atoms with Gasteiger partial charge in [0.2, 0.25) is 5.91 Å². The van der Waals surface area contributed by atoms with E-state index >= 15 is 0 Å². The van der Waals surface area contributed by atoms with Crippen molar-refractivity contribution in [2.45, 2.75) is 58.5 Å².